The van der Waals surface area contributed by atoms with Gasteiger partial charge in [0.25, 0.3) is 11.8 Å². The van der Waals surface area contributed by atoms with Crippen LogP contribution in [0.15, 0.2) is 48.5 Å². The summed E-state index contributed by atoms with van der Waals surface area (Å²) in [6, 6.07) is 14.6. The molecule has 1 N–H and O–H groups in total. The molecule has 0 spiro atoms. The Kier molecular flexibility index (Phi) is 7.17. The third-order valence-corrected chi connectivity index (χ3v) is 5.53. The number of morpholine rings is 1. The van der Waals surface area contributed by atoms with Gasteiger partial charge in [0.05, 0.1) is 24.9 Å². The monoisotopic (exact) mass is 424 g/mol. The first-order valence-electron chi connectivity index (χ1n) is 10.8. The molecule has 0 aliphatic carbocycles. The van der Waals surface area contributed by atoms with Gasteiger partial charge < -0.3 is 24.4 Å². The average molecular weight is 424 g/mol. The third-order valence-electron chi connectivity index (χ3n) is 5.53. The van der Waals surface area contributed by atoms with E-state index in [-0.39, 0.29) is 17.9 Å². The maximum atomic E-state index is 12.7. The van der Waals surface area contributed by atoms with Gasteiger partial charge in [0.15, 0.2) is 0 Å². The molecule has 1 unspecified atom stereocenters. The lowest BCUT2D eigenvalue weighted by atomic mass is 10.1. The van der Waals surface area contributed by atoms with Gasteiger partial charge in [0.1, 0.15) is 12.4 Å². The van der Waals surface area contributed by atoms with E-state index in [1.165, 1.54) is 0 Å². The summed E-state index contributed by atoms with van der Waals surface area (Å²) in [4.78, 5) is 27.1. The van der Waals surface area contributed by atoms with Crippen molar-refractivity contribution in [2.75, 3.05) is 39.5 Å². The van der Waals surface area contributed by atoms with Crippen LogP contribution in [0.2, 0.25) is 0 Å². The maximum absolute atomic E-state index is 12.7. The van der Waals surface area contributed by atoms with Crippen LogP contribution in [0.4, 0.5) is 0 Å². The van der Waals surface area contributed by atoms with E-state index in [4.69, 9.17) is 14.2 Å². The molecule has 164 valence electrons. The zero-order valence-electron chi connectivity index (χ0n) is 17.5. The van der Waals surface area contributed by atoms with E-state index < -0.39 is 0 Å². The van der Waals surface area contributed by atoms with E-state index in [0.717, 1.165) is 25.0 Å². The smallest absolute Gasteiger partial charge is 0.255 e. The van der Waals surface area contributed by atoms with Crippen LogP contribution in [0.1, 0.15) is 39.1 Å². The number of ether oxygens (including phenoxy) is 3. The molecule has 2 aromatic rings. The minimum Gasteiger partial charge on any atom is -0.490 e. The van der Waals surface area contributed by atoms with Gasteiger partial charge in [0, 0.05) is 31.8 Å². The van der Waals surface area contributed by atoms with Crippen LogP contribution in [0, 0.1) is 0 Å². The molecular formula is C24H28N2O5. The first kappa shape index (κ1) is 21.3. The Morgan fingerprint density at radius 2 is 1.81 bits per heavy atom. The molecular weight excluding hydrogens is 396 g/mol. The number of nitrogens with zero attached hydrogens (tertiary/aromatic N) is 1. The van der Waals surface area contributed by atoms with E-state index in [2.05, 4.69) is 5.32 Å². The number of carbonyl (C=O) groups excluding carboxylic acids is 2. The minimum absolute atomic E-state index is 0.0104. The number of hydrogen-bond donors (Lipinski definition) is 1. The van der Waals surface area contributed by atoms with Gasteiger partial charge in [-0.1, -0.05) is 24.3 Å². The number of carbonyl (C=O) groups is 2. The van der Waals surface area contributed by atoms with E-state index in [1.807, 2.05) is 24.3 Å². The van der Waals surface area contributed by atoms with Gasteiger partial charge in [-0.3, -0.25) is 9.59 Å². The van der Waals surface area contributed by atoms with Crippen LogP contribution in [0.5, 0.6) is 5.75 Å². The summed E-state index contributed by atoms with van der Waals surface area (Å²) in [6.07, 6.45) is 2.13. The van der Waals surface area contributed by atoms with Crippen LogP contribution in [-0.4, -0.2) is 62.3 Å². The highest BCUT2D eigenvalue weighted by Gasteiger charge is 2.19. The lowest BCUT2D eigenvalue weighted by molar-refractivity contribution is 0.0303. The molecule has 31 heavy (non-hydrogen) atoms. The molecule has 2 heterocycles. The van der Waals surface area contributed by atoms with E-state index >= 15 is 0 Å². The summed E-state index contributed by atoms with van der Waals surface area (Å²) in [5, 5.41) is 2.93. The summed E-state index contributed by atoms with van der Waals surface area (Å²) in [5.41, 5.74) is 2.06. The van der Waals surface area contributed by atoms with Crippen molar-refractivity contribution in [2.24, 2.45) is 0 Å². The van der Waals surface area contributed by atoms with Gasteiger partial charge in [-0.05, 0) is 42.7 Å². The second kappa shape index (κ2) is 10.4. The molecule has 7 nitrogen and oxygen atoms in total. The molecule has 2 amide bonds. The second-order valence-electron chi connectivity index (χ2n) is 7.73. The normalized spacial score (nSPS) is 18.6. The molecule has 0 bridgehead atoms. The molecule has 4 rings (SSSR count). The number of nitrogens with one attached hydrogen (secondary N) is 1. The Bertz CT molecular complexity index is 887. The Labute approximate surface area is 182 Å². The fourth-order valence-corrected chi connectivity index (χ4v) is 3.73. The topological polar surface area (TPSA) is 77.1 Å². The molecule has 0 saturated carbocycles. The van der Waals surface area contributed by atoms with Crippen LogP contribution < -0.4 is 10.1 Å². The Morgan fingerprint density at radius 3 is 2.55 bits per heavy atom. The SMILES string of the molecule is O=C(NCc1ccc(C(=O)N2CCOCC2)cc1)c1ccccc1OCC1CCCO1. The molecule has 2 saturated heterocycles. The summed E-state index contributed by atoms with van der Waals surface area (Å²) in [7, 11) is 0. The number of amides is 2. The van der Waals surface area contributed by atoms with Gasteiger partial charge in [-0.25, -0.2) is 0 Å². The van der Waals surface area contributed by atoms with Crippen LogP contribution in [0.25, 0.3) is 0 Å². The Balaban J connectivity index is 1.32. The van der Waals surface area contributed by atoms with E-state index in [0.29, 0.717) is 56.3 Å². The Morgan fingerprint density at radius 1 is 1.03 bits per heavy atom. The zero-order valence-corrected chi connectivity index (χ0v) is 17.5. The van der Waals surface area contributed by atoms with Gasteiger partial charge >= 0.3 is 0 Å². The number of rotatable bonds is 7. The Hall–Kier alpha value is -2.90. The maximum Gasteiger partial charge on any atom is 0.255 e. The fourth-order valence-electron chi connectivity index (χ4n) is 3.73. The molecule has 7 heteroatoms. The first-order valence-corrected chi connectivity index (χ1v) is 10.8. The first-order chi connectivity index (χ1) is 15.2. The third kappa shape index (κ3) is 5.62. The van der Waals surface area contributed by atoms with Crippen molar-refractivity contribution in [2.45, 2.75) is 25.5 Å². The summed E-state index contributed by atoms with van der Waals surface area (Å²) < 4.78 is 16.7. The molecule has 0 radical (unpaired) electrons. The molecule has 0 aromatic heterocycles. The van der Waals surface area contributed by atoms with Gasteiger partial charge in [0.2, 0.25) is 0 Å². The van der Waals surface area contributed by atoms with Crippen molar-refractivity contribution in [1.29, 1.82) is 0 Å². The van der Waals surface area contributed by atoms with Crippen molar-refractivity contribution in [3.63, 3.8) is 0 Å². The van der Waals surface area contributed by atoms with Crippen LogP contribution >= 0.6 is 0 Å². The standard InChI is InChI=1S/C24H28N2O5/c27-23(21-5-1-2-6-22(21)31-17-20-4-3-13-30-20)25-16-18-7-9-19(10-8-18)24(28)26-11-14-29-15-12-26/h1-2,5-10,20H,3-4,11-17H2,(H,25,27). The molecule has 2 aliphatic heterocycles. The average Bonchev–Trinajstić information content (AvgIpc) is 3.35. The quantitative estimate of drug-likeness (QED) is 0.740. The van der Waals surface area contributed by atoms with E-state index in [9.17, 15) is 9.59 Å². The highest BCUT2D eigenvalue weighted by Crippen LogP contribution is 2.20. The fraction of sp³-hybridized carbons (Fsp3) is 0.417. The number of para-hydroxylation sites is 1. The van der Waals surface area contributed by atoms with E-state index in [1.54, 1.807) is 29.2 Å². The van der Waals surface area contributed by atoms with Gasteiger partial charge in [-0.15, -0.1) is 0 Å². The predicted octanol–water partition coefficient (Wildman–Crippen LogP) is 2.65. The number of hydrogen-bond acceptors (Lipinski definition) is 5. The van der Waals surface area contributed by atoms with Crippen molar-refractivity contribution in [1.82, 2.24) is 10.2 Å². The van der Waals surface area contributed by atoms with Crippen LogP contribution in [0.3, 0.4) is 0 Å². The number of benzene rings is 2. The van der Waals surface area contributed by atoms with Crippen molar-refractivity contribution in [3.8, 4) is 5.75 Å². The summed E-state index contributed by atoms with van der Waals surface area (Å²) in [5.74, 6) is 0.370. The summed E-state index contributed by atoms with van der Waals surface area (Å²) >= 11 is 0. The van der Waals surface area contributed by atoms with Crippen molar-refractivity contribution in [3.05, 3.63) is 65.2 Å². The highest BCUT2D eigenvalue weighted by molar-refractivity contribution is 5.97. The zero-order chi connectivity index (χ0) is 21.5. The molecule has 2 aromatic carbocycles. The van der Waals surface area contributed by atoms with Crippen LogP contribution in [-0.2, 0) is 16.0 Å². The lowest BCUT2D eigenvalue weighted by Crippen LogP contribution is -2.40. The molecule has 2 fully saturated rings. The predicted molar refractivity (Wildman–Crippen MR) is 115 cm³/mol. The second-order valence-corrected chi connectivity index (χ2v) is 7.73. The molecule has 1 atom stereocenters. The minimum atomic E-state index is -0.198. The lowest BCUT2D eigenvalue weighted by Gasteiger charge is -2.26. The highest BCUT2D eigenvalue weighted by atomic mass is 16.5. The largest absolute Gasteiger partial charge is 0.490 e. The molecule has 2 aliphatic rings. The van der Waals surface area contributed by atoms with Crippen molar-refractivity contribution < 1.29 is 23.8 Å². The van der Waals surface area contributed by atoms with Gasteiger partial charge in [-0.2, -0.15) is 0 Å². The summed E-state index contributed by atoms with van der Waals surface area (Å²) in [6.45, 7) is 3.97. The van der Waals surface area contributed by atoms with Crippen molar-refractivity contribution >= 4 is 11.8 Å².